The molecule has 2 saturated heterocycles. The number of pyridine rings is 1. The van der Waals surface area contributed by atoms with Crippen LogP contribution in [0.15, 0.2) is 83.7 Å². The number of ether oxygens (including phenoxy) is 1. The van der Waals surface area contributed by atoms with E-state index in [-0.39, 0.29) is 23.4 Å². The van der Waals surface area contributed by atoms with E-state index < -0.39 is 12.2 Å². The maximum absolute atomic E-state index is 12.8. The van der Waals surface area contributed by atoms with Gasteiger partial charge < -0.3 is 40.4 Å². The largest absolute Gasteiger partial charge is 0.506 e. The van der Waals surface area contributed by atoms with E-state index >= 15 is 0 Å². The molecule has 6 rings (SSSR count). The number of anilines is 1. The molecule has 2 aliphatic heterocycles. The van der Waals surface area contributed by atoms with Gasteiger partial charge in [-0.05, 0) is 73.9 Å². The molecular formula is C39H48N6O6. The van der Waals surface area contributed by atoms with Crippen LogP contribution < -0.4 is 21.5 Å². The van der Waals surface area contributed by atoms with Crippen molar-refractivity contribution in [2.75, 3.05) is 57.7 Å². The second kappa shape index (κ2) is 17.3. The number of hydrogen-bond acceptors (Lipinski definition) is 8. The number of piperidine rings is 2. The van der Waals surface area contributed by atoms with Gasteiger partial charge in [0.15, 0.2) is 0 Å². The highest BCUT2D eigenvalue weighted by molar-refractivity contribution is 5.91. The summed E-state index contributed by atoms with van der Waals surface area (Å²) in [5, 5.41) is 30.8. The molecule has 2 aliphatic rings. The minimum atomic E-state index is -0.787. The van der Waals surface area contributed by atoms with Gasteiger partial charge in [-0.3, -0.25) is 10.1 Å². The molecule has 6 N–H and O–H groups in total. The lowest BCUT2D eigenvalue weighted by atomic mass is 9.93. The van der Waals surface area contributed by atoms with E-state index in [4.69, 9.17) is 4.74 Å². The molecule has 3 heterocycles. The molecule has 1 unspecified atom stereocenters. The summed E-state index contributed by atoms with van der Waals surface area (Å²) in [5.41, 5.74) is 3.35. The fourth-order valence-corrected chi connectivity index (χ4v) is 7.07. The number of aromatic hydroxyl groups is 1. The number of benzene rings is 3. The van der Waals surface area contributed by atoms with Gasteiger partial charge in [0.1, 0.15) is 11.9 Å². The van der Waals surface area contributed by atoms with Crippen molar-refractivity contribution >= 4 is 28.7 Å². The number of H-pyrrole nitrogens is 1. The van der Waals surface area contributed by atoms with Gasteiger partial charge in [0.05, 0.1) is 17.3 Å². The third-order valence-corrected chi connectivity index (χ3v) is 10.00. The zero-order chi connectivity index (χ0) is 35.6. The van der Waals surface area contributed by atoms with E-state index in [9.17, 15) is 24.6 Å². The Balaban J connectivity index is 0.827. The first kappa shape index (κ1) is 35.9. The second-order valence-electron chi connectivity index (χ2n) is 13.4. The van der Waals surface area contributed by atoms with Crippen LogP contribution in [-0.4, -0.2) is 95.6 Å². The number of phenolic OH excluding ortho intramolecular Hbond substituents is 1. The Labute approximate surface area is 297 Å². The zero-order valence-electron chi connectivity index (χ0n) is 28.9. The van der Waals surface area contributed by atoms with Crippen molar-refractivity contribution in [3.05, 3.63) is 94.8 Å². The van der Waals surface area contributed by atoms with E-state index in [2.05, 4.69) is 25.8 Å². The Kier molecular flexibility index (Phi) is 12.2. The fourth-order valence-electron chi connectivity index (χ4n) is 7.07. The van der Waals surface area contributed by atoms with Gasteiger partial charge in [-0.1, -0.05) is 54.6 Å². The first-order valence-electron chi connectivity index (χ1n) is 17.9. The van der Waals surface area contributed by atoms with Crippen LogP contribution in [0.25, 0.3) is 22.0 Å². The summed E-state index contributed by atoms with van der Waals surface area (Å²) < 4.78 is 5.76. The summed E-state index contributed by atoms with van der Waals surface area (Å²) >= 11 is 0. The van der Waals surface area contributed by atoms with E-state index in [0.29, 0.717) is 35.5 Å². The Bertz CT molecular complexity index is 1820. The van der Waals surface area contributed by atoms with Crippen molar-refractivity contribution in [3.8, 4) is 16.9 Å². The first-order valence-corrected chi connectivity index (χ1v) is 17.9. The summed E-state index contributed by atoms with van der Waals surface area (Å²) in [6, 6.07) is 23.8. The summed E-state index contributed by atoms with van der Waals surface area (Å²) in [6.45, 7) is 5.46. The lowest BCUT2D eigenvalue weighted by Crippen LogP contribution is -2.47. The Morgan fingerprint density at radius 3 is 2.41 bits per heavy atom. The van der Waals surface area contributed by atoms with Gasteiger partial charge in [0.25, 0.3) is 0 Å². The fraction of sp³-hybridized carbons (Fsp3) is 0.410. The predicted octanol–water partition coefficient (Wildman–Crippen LogP) is 5.05. The number of aliphatic hydroxyl groups is 1. The number of phenols is 1. The highest BCUT2D eigenvalue weighted by atomic mass is 16.6. The topological polar surface area (TPSA) is 159 Å². The number of likely N-dealkylation sites (tertiary alicyclic amines) is 2. The molecule has 4 aromatic rings. The highest BCUT2D eigenvalue weighted by Gasteiger charge is 2.25. The zero-order valence-corrected chi connectivity index (χ0v) is 28.9. The van der Waals surface area contributed by atoms with Gasteiger partial charge >= 0.3 is 12.1 Å². The molecule has 1 aromatic heterocycles. The van der Waals surface area contributed by atoms with E-state index in [0.717, 1.165) is 88.2 Å². The molecule has 12 heteroatoms. The van der Waals surface area contributed by atoms with Gasteiger partial charge in [0, 0.05) is 62.8 Å². The molecule has 270 valence electrons. The number of rotatable bonds is 12. The van der Waals surface area contributed by atoms with Crippen LogP contribution in [0.3, 0.4) is 0 Å². The van der Waals surface area contributed by atoms with Crippen LogP contribution in [0.4, 0.5) is 15.3 Å². The molecule has 51 heavy (non-hydrogen) atoms. The molecule has 0 spiro atoms. The number of hydrogen-bond donors (Lipinski definition) is 6. The molecule has 0 saturated carbocycles. The molecular weight excluding hydrogens is 648 g/mol. The van der Waals surface area contributed by atoms with Crippen LogP contribution >= 0.6 is 0 Å². The smallest absolute Gasteiger partial charge is 0.411 e. The molecule has 3 aromatic carbocycles. The minimum absolute atomic E-state index is 0.0251. The standard InChI is InChI=1S/C39H48N6O6/c46-34-12-10-31(32-11-13-36(48)43-37(32)34)35(47)26-40-19-14-27-15-23-45(24-16-27)38(49)41-20-25-44-21-17-29(18-22-44)51-39(50)42-33-9-5-4-8-30(33)28-6-2-1-3-7-28/h1-13,27,29,35,40,46-47H,14-26H2,(H,41,49)(H,42,50)(H,43,48). The van der Waals surface area contributed by atoms with Crippen LogP contribution in [-0.2, 0) is 4.74 Å². The van der Waals surface area contributed by atoms with Crippen molar-refractivity contribution in [1.29, 1.82) is 0 Å². The quantitative estimate of drug-likeness (QED) is 0.112. The van der Waals surface area contributed by atoms with E-state index in [1.807, 2.05) is 59.5 Å². The number of para-hydroxylation sites is 1. The molecule has 0 radical (unpaired) electrons. The number of nitrogens with one attached hydrogen (secondary N) is 4. The molecule has 12 nitrogen and oxygen atoms in total. The van der Waals surface area contributed by atoms with Crippen LogP contribution in [0.5, 0.6) is 5.75 Å². The van der Waals surface area contributed by atoms with Crippen LogP contribution in [0.1, 0.15) is 43.8 Å². The van der Waals surface area contributed by atoms with Crippen LogP contribution in [0.2, 0.25) is 0 Å². The molecule has 0 aliphatic carbocycles. The monoisotopic (exact) mass is 696 g/mol. The number of aromatic amines is 1. The number of fused-ring (bicyclic) bond motifs is 1. The summed E-state index contributed by atoms with van der Waals surface area (Å²) in [4.78, 5) is 44.1. The lowest BCUT2D eigenvalue weighted by molar-refractivity contribution is 0.0592. The highest BCUT2D eigenvalue weighted by Crippen LogP contribution is 2.30. The van der Waals surface area contributed by atoms with Gasteiger partial charge in [-0.15, -0.1) is 0 Å². The number of urea groups is 1. The van der Waals surface area contributed by atoms with E-state index in [1.165, 1.54) is 12.1 Å². The number of carbonyl (C=O) groups excluding carboxylic acids is 2. The molecule has 1 atom stereocenters. The SMILES string of the molecule is O=C(Nc1ccccc1-c1ccccc1)OC1CCN(CCNC(=O)N2CCC(CCNCC(O)c3ccc(O)c4[nH]c(=O)ccc34)CC2)CC1. The van der Waals surface area contributed by atoms with E-state index in [1.54, 1.807) is 12.1 Å². The second-order valence-corrected chi connectivity index (χ2v) is 13.4. The normalized spacial score (nSPS) is 16.5. The summed E-state index contributed by atoms with van der Waals surface area (Å²) in [6.07, 6.45) is 2.95. The first-order chi connectivity index (χ1) is 24.8. The van der Waals surface area contributed by atoms with Gasteiger partial charge in [-0.2, -0.15) is 0 Å². The van der Waals surface area contributed by atoms with Gasteiger partial charge in [0.2, 0.25) is 5.56 Å². The third-order valence-electron chi connectivity index (χ3n) is 10.00. The third kappa shape index (κ3) is 9.66. The van der Waals surface area contributed by atoms with Crippen molar-refractivity contribution in [2.45, 2.75) is 44.3 Å². The Hall–Kier alpha value is -4.91. The lowest BCUT2D eigenvalue weighted by Gasteiger charge is -2.33. The Morgan fingerprint density at radius 2 is 1.63 bits per heavy atom. The summed E-state index contributed by atoms with van der Waals surface area (Å²) in [7, 11) is 0. The number of nitrogens with zero attached hydrogens (tertiary/aromatic N) is 2. The molecule has 0 bridgehead atoms. The molecule has 2 fully saturated rings. The van der Waals surface area contributed by atoms with Gasteiger partial charge in [-0.25, -0.2) is 9.59 Å². The van der Waals surface area contributed by atoms with Crippen molar-refractivity contribution in [2.24, 2.45) is 5.92 Å². The predicted molar refractivity (Wildman–Crippen MR) is 198 cm³/mol. The maximum atomic E-state index is 12.8. The van der Waals surface area contributed by atoms with Crippen LogP contribution in [0, 0.1) is 5.92 Å². The van der Waals surface area contributed by atoms with Crippen molar-refractivity contribution < 1.29 is 24.5 Å². The number of carbonyl (C=O) groups is 2. The maximum Gasteiger partial charge on any atom is 0.411 e. The average Bonchev–Trinajstić information content (AvgIpc) is 3.15. The minimum Gasteiger partial charge on any atom is -0.506 e. The van der Waals surface area contributed by atoms with Crippen molar-refractivity contribution in [3.63, 3.8) is 0 Å². The molecule has 3 amide bonds. The Morgan fingerprint density at radius 1 is 0.882 bits per heavy atom. The number of aliphatic hydroxyl groups excluding tert-OH is 1. The average molecular weight is 697 g/mol. The summed E-state index contributed by atoms with van der Waals surface area (Å²) in [5.74, 6) is 0.474. The van der Waals surface area contributed by atoms with Crippen molar-refractivity contribution in [1.82, 2.24) is 25.4 Å². The number of aromatic nitrogens is 1. The number of amides is 3.